The molecule has 0 unspecified atom stereocenters. The van der Waals surface area contributed by atoms with Crippen LogP contribution in [0, 0.1) is 0 Å². The molecule has 0 radical (unpaired) electrons. The zero-order chi connectivity index (χ0) is 13.5. The fraction of sp³-hybridized carbons (Fsp3) is 0.357. The van der Waals surface area contributed by atoms with E-state index in [1.165, 1.54) is 6.08 Å². The molecule has 1 aromatic carbocycles. The van der Waals surface area contributed by atoms with Gasteiger partial charge in [0.05, 0.1) is 13.2 Å². The Labute approximate surface area is 107 Å². The van der Waals surface area contributed by atoms with Crippen LogP contribution in [0.25, 0.3) is 6.08 Å². The number of carbonyl (C=O) groups is 1. The summed E-state index contributed by atoms with van der Waals surface area (Å²) >= 11 is 0. The highest BCUT2D eigenvalue weighted by Gasteiger charge is 2.08. The minimum Gasteiger partial charge on any atom is -0.493 e. The Hall–Kier alpha value is -1.97. The Morgan fingerprint density at radius 2 is 2.17 bits per heavy atom. The number of hydrogen-bond donors (Lipinski definition) is 1. The Balaban J connectivity index is 2.92. The van der Waals surface area contributed by atoms with Crippen LogP contribution in [0.5, 0.6) is 11.5 Å². The predicted octanol–water partition coefficient (Wildman–Crippen LogP) is 2.37. The highest BCUT2D eigenvalue weighted by atomic mass is 16.5. The van der Waals surface area contributed by atoms with Gasteiger partial charge in [0.25, 0.3) is 0 Å². The number of rotatable bonds is 6. The zero-order valence-corrected chi connectivity index (χ0v) is 11.0. The summed E-state index contributed by atoms with van der Waals surface area (Å²) in [5.74, 6) is 0.860. The van der Waals surface area contributed by atoms with Crippen molar-refractivity contribution in [1.29, 1.82) is 0 Å². The second-order valence-electron chi connectivity index (χ2n) is 3.98. The molecule has 0 aliphatic carbocycles. The van der Waals surface area contributed by atoms with Crippen molar-refractivity contribution in [2.45, 2.75) is 26.4 Å². The van der Waals surface area contributed by atoms with Crippen LogP contribution in [-0.4, -0.2) is 19.1 Å². The van der Waals surface area contributed by atoms with Crippen LogP contribution < -0.4 is 15.2 Å². The molecule has 98 valence electrons. The summed E-state index contributed by atoms with van der Waals surface area (Å²) in [5.41, 5.74) is 5.88. The van der Waals surface area contributed by atoms with Gasteiger partial charge >= 0.3 is 0 Å². The quantitative estimate of drug-likeness (QED) is 0.787. The summed E-state index contributed by atoms with van der Waals surface area (Å²) < 4.78 is 11.0. The molecule has 0 aliphatic heterocycles. The topological polar surface area (TPSA) is 61.5 Å². The molecule has 1 amide bonds. The third-order valence-electron chi connectivity index (χ3n) is 2.53. The molecule has 1 rings (SSSR count). The molecule has 4 heteroatoms. The molecule has 0 saturated heterocycles. The van der Waals surface area contributed by atoms with Crippen LogP contribution in [0.4, 0.5) is 0 Å². The smallest absolute Gasteiger partial charge is 0.241 e. The standard InChI is InChI=1S/C14H19NO3/c1-4-10(2)18-12-7-5-11(6-8-14(15)16)9-13(12)17-3/h5-10H,4H2,1-3H3,(H2,15,16)/b8-6-/t10-/m1/s1. The van der Waals surface area contributed by atoms with Crippen molar-refractivity contribution in [1.82, 2.24) is 0 Å². The van der Waals surface area contributed by atoms with Crippen molar-refractivity contribution in [3.63, 3.8) is 0 Å². The van der Waals surface area contributed by atoms with E-state index in [9.17, 15) is 4.79 Å². The van der Waals surface area contributed by atoms with Crippen LogP contribution in [0.3, 0.4) is 0 Å². The SMILES string of the molecule is CC[C@@H](C)Oc1ccc(/C=C\C(N)=O)cc1OC. The summed E-state index contributed by atoms with van der Waals surface area (Å²) in [6.07, 6.45) is 4.00. The summed E-state index contributed by atoms with van der Waals surface area (Å²) in [6.45, 7) is 4.06. The van der Waals surface area contributed by atoms with Crippen LogP contribution in [-0.2, 0) is 4.79 Å². The van der Waals surface area contributed by atoms with Gasteiger partial charge in [-0.2, -0.15) is 0 Å². The van der Waals surface area contributed by atoms with Gasteiger partial charge < -0.3 is 15.2 Å². The Morgan fingerprint density at radius 3 is 2.72 bits per heavy atom. The molecular weight excluding hydrogens is 230 g/mol. The van der Waals surface area contributed by atoms with Gasteiger partial charge in [-0.25, -0.2) is 0 Å². The van der Waals surface area contributed by atoms with Crippen molar-refractivity contribution in [2.75, 3.05) is 7.11 Å². The van der Waals surface area contributed by atoms with Gasteiger partial charge in [-0.3, -0.25) is 4.79 Å². The van der Waals surface area contributed by atoms with Gasteiger partial charge in [-0.05, 0) is 37.1 Å². The molecule has 2 N–H and O–H groups in total. The normalized spacial score (nSPS) is 12.4. The number of nitrogens with two attached hydrogens (primary N) is 1. The highest BCUT2D eigenvalue weighted by Crippen LogP contribution is 2.29. The summed E-state index contributed by atoms with van der Waals surface area (Å²) in [6, 6.07) is 5.47. The number of primary amides is 1. The first-order chi connectivity index (χ1) is 8.56. The minimum atomic E-state index is -0.478. The zero-order valence-electron chi connectivity index (χ0n) is 11.0. The molecule has 0 fully saturated rings. The molecule has 0 bridgehead atoms. The predicted molar refractivity (Wildman–Crippen MR) is 71.6 cm³/mol. The van der Waals surface area contributed by atoms with Crippen molar-refractivity contribution in [3.05, 3.63) is 29.8 Å². The van der Waals surface area contributed by atoms with Gasteiger partial charge in [0.1, 0.15) is 0 Å². The maximum Gasteiger partial charge on any atom is 0.241 e. The average Bonchev–Trinajstić information content (AvgIpc) is 2.37. The van der Waals surface area contributed by atoms with Gasteiger partial charge in [-0.1, -0.05) is 13.0 Å². The molecule has 1 atom stereocenters. The lowest BCUT2D eigenvalue weighted by Crippen LogP contribution is -2.10. The molecule has 0 aliphatic rings. The Kier molecular flexibility index (Phi) is 5.24. The van der Waals surface area contributed by atoms with Crippen LogP contribution >= 0.6 is 0 Å². The molecule has 0 saturated carbocycles. The van der Waals surface area contributed by atoms with E-state index in [4.69, 9.17) is 15.2 Å². The number of hydrogen-bond acceptors (Lipinski definition) is 3. The third-order valence-corrected chi connectivity index (χ3v) is 2.53. The van der Waals surface area contributed by atoms with E-state index in [0.717, 1.165) is 12.0 Å². The number of benzene rings is 1. The van der Waals surface area contributed by atoms with E-state index in [1.54, 1.807) is 19.3 Å². The minimum absolute atomic E-state index is 0.130. The highest BCUT2D eigenvalue weighted by molar-refractivity contribution is 5.90. The molecule has 0 aromatic heterocycles. The van der Waals surface area contributed by atoms with Crippen molar-refractivity contribution in [3.8, 4) is 11.5 Å². The third kappa shape index (κ3) is 4.13. The van der Waals surface area contributed by atoms with E-state index in [-0.39, 0.29) is 6.10 Å². The van der Waals surface area contributed by atoms with Gasteiger partial charge in [0.2, 0.25) is 5.91 Å². The number of ether oxygens (including phenoxy) is 2. The van der Waals surface area contributed by atoms with Crippen molar-refractivity contribution < 1.29 is 14.3 Å². The van der Waals surface area contributed by atoms with Crippen LogP contribution in [0.15, 0.2) is 24.3 Å². The van der Waals surface area contributed by atoms with Gasteiger partial charge in [0, 0.05) is 6.08 Å². The first kappa shape index (κ1) is 14.1. The molecule has 1 aromatic rings. The van der Waals surface area contributed by atoms with E-state index >= 15 is 0 Å². The van der Waals surface area contributed by atoms with E-state index in [0.29, 0.717) is 11.5 Å². The average molecular weight is 249 g/mol. The Morgan fingerprint density at radius 1 is 1.44 bits per heavy atom. The van der Waals surface area contributed by atoms with Gasteiger partial charge in [-0.15, -0.1) is 0 Å². The van der Waals surface area contributed by atoms with Gasteiger partial charge in [0.15, 0.2) is 11.5 Å². The van der Waals surface area contributed by atoms with E-state index < -0.39 is 5.91 Å². The van der Waals surface area contributed by atoms with E-state index in [1.807, 2.05) is 19.1 Å². The van der Waals surface area contributed by atoms with E-state index in [2.05, 4.69) is 6.92 Å². The molecular formula is C14H19NO3. The first-order valence-electron chi connectivity index (χ1n) is 5.89. The monoisotopic (exact) mass is 249 g/mol. The summed E-state index contributed by atoms with van der Waals surface area (Å²) in [7, 11) is 1.58. The number of carbonyl (C=O) groups excluding carboxylic acids is 1. The molecule has 0 spiro atoms. The lowest BCUT2D eigenvalue weighted by Gasteiger charge is -2.15. The largest absolute Gasteiger partial charge is 0.493 e. The lowest BCUT2D eigenvalue weighted by atomic mass is 10.2. The molecule has 4 nitrogen and oxygen atoms in total. The maximum absolute atomic E-state index is 10.7. The Bertz CT molecular complexity index is 441. The molecule has 18 heavy (non-hydrogen) atoms. The van der Waals surface area contributed by atoms with Crippen LogP contribution in [0.2, 0.25) is 0 Å². The second-order valence-corrected chi connectivity index (χ2v) is 3.98. The number of amides is 1. The summed E-state index contributed by atoms with van der Waals surface area (Å²) in [5, 5.41) is 0. The fourth-order valence-electron chi connectivity index (χ4n) is 1.36. The number of methoxy groups -OCH3 is 1. The fourth-order valence-corrected chi connectivity index (χ4v) is 1.36. The lowest BCUT2D eigenvalue weighted by molar-refractivity contribution is -0.113. The maximum atomic E-state index is 10.7. The van der Waals surface area contributed by atoms with Crippen molar-refractivity contribution in [2.24, 2.45) is 5.73 Å². The second kappa shape index (κ2) is 6.69. The molecule has 0 heterocycles. The van der Waals surface area contributed by atoms with Crippen molar-refractivity contribution >= 4 is 12.0 Å². The summed E-state index contributed by atoms with van der Waals surface area (Å²) in [4.78, 5) is 10.7. The first-order valence-corrected chi connectivity index (χ1v) is 5.89. The van der Waals surface area contributed by atoms with Crippen LogP contribution in [0.1, 0.15) is 25.8 Å².